The molecule has 0 N–H and O–H groups in total. The molecule has 0 saturated heterocycles. The van der Waals surface area contributed by atoms with E-state index in [-0.39, 0.29) is 0 Å². The van der Waals surface area contributed by atoms with Gasteiger partial charge >= 0.3 is 0 Å². The summed E-state index contributed by atoms with van der Waals surface area (Å²) in [6, 6.07) is 7.60. The molecule has 0 aliphatic rings. The van der Waals surface area contributed by atoms with E-state index in [2.05, 4.69) is 20.9 Å². The smallest absolute Gasteiger partial charge is 0.225 e. The number of nitrogens with zero attached hydrogens (tertiary/aromatic N) is 1. The molecule has 0 bridgehead atoms. The number of aromatic nitrogens is 1. The maximum absolute atomic E-state index is 6.01. The van der Waals surface area contributed by atoms with Crippen molar-refractivity contribution in [2.75, 3.05) is 6.61 Å². The van der Waals surface area contributed by atoms with Gasteiger partial charge in [0.25, 0.3) is 0 Å². The van der Waals surface area contributed by atoms with E-state index in [1.807, 2.05) is 31.2 Å². The predicted molar refractivity (Wildman–Crippen MR) is 74.3 cm³/mol. The van der Waals surface area contributed by atoms with Gasteiger partial charge in [-0.15, -0.1) is 0 Å². The van der Waals surface area contributed by atoms with E-state index in [0.717, 1.165) is 27.7 Å². The Morgan fingerprint density at radius 2 is 2.24 bits per heavy atom. The molecular formula is C11H9BrClNO2S. The van der Waals surface area contributed by atoms with Crippen LogP contribution in [-0.2, 0) is 4.18 Å². The van der Waals surface area contributed by atoms with E-state index < -0.39 is 0 Å². The van der Waals surface area contributed by atoms with Crippen molar-refractivity contribution in [1.82, 2.24) is 4.98 Å². The average Bonchev–Trinajstić information content (AvgIpc) is 2.31. The van der Waals surface area contributed by atoms with Gasteiger partial charge in [0.2, 0.25) is 12.3 Å². The Morgan fingerprint density at radius 3 is 3.00 bits per heavy atom. The van der Waals surface area contributed by atoms with E-state index in [0.29, 0.717) is 17.5 Å². The van der Waals surface area contributed by atoms with Crippen LogP contribution >= 0.6 is 39.9 Å². The van der Waals surface area contributed by atoms with Crippen LogP contribution in [0.5, 0.6) is 5.75 Å². The first-order valence-corrected chi connectivity index (χ1v) is 6.76. The third kappa shape index (κ3) is 3.25. The number of hydrogen-bond donors (Lipinski definition) is 0. The molecule has 2 aromatic rings. The molecule has 0 fully saturated rings. The lowest BCUT2D eigenvalue weighted by atomic mass is 10.2. The standard InChI is InChI=1S/C11H9BrClNO2S/c1-2-15-17-16-10-6-7-5-8(12)3-4-9(7)14-11(10)13/h3-6H,2H2,1H3. The van der Waals surface area contributed by atoms with Crippen molar-refractivity contribution in [3.05, 3.63) is 33.9 Å². The molecule has 0 radical (unpaired) electrons. The summed E-state index contributed by atoms with van der Waals surface area (Å²) in [7, 11) is 0. The Balaban J connectivity index is 2.32. The summed E-state index contributed by atoms with van der Waals surface area (Å²) in [4.78, 5) is 4.25. The van der Waals surface area contributed by atoms with Crippen molar-refractivity contribution in [3.8, 4) is 5.75 Å². The number of benzene rings is 1. The molecule has 1 aromatic heterocycles. The highest BCUT2D eigenvalue weighted by Gasteiger charge is 2.07. The molecule has 2 rings (SSSR count). The van der Waals surface area contributed by atoms with E-state index in [1.54, 1.807) is 0 Å². The number of hydrogen-bond acceptors (Lipinski definition) is 4. The summed E-state index contributed by atoms with van der Waals surface area (Å²) in [5.41, 5.74) is 0.826. The second kappa shape index (κ2) is 5.91. The summed E-state index contributed by atoms with van der Waals surface area (Å²) in [6.07, 6.45) is 0. The maximum Gasteiger partial charge on any atom is 0.225 e. The second-order valence-corrected chi connectivity index (χ2v) is 4.98. The van der Waals surface area contributed by atoms with Gasteiger partial charge < -0.3 is 4.18 Å². The highest BCUT2D eigenvalue weighted by atomic mass is 79.9. The van der Waals surface area contributed by atoms with Crippen molar-refractivity contribution in [2.24, 2.45) is 0 Å². The zero-order chi connectivity index (χ0) is 12.3. The molecule has 0 unspecified atom stereocenters. The Hall–Kier alpha value is -0.490. The van der Waals surface area contributed by atoms with Gasteiger partial charge in [-0.2, -0.15) is 0 Å². The van der Waals surface area contributed by atoms with Gasteiger partial charge in [0.05, 0.1) is 12.1 Å². The van der Waals surface area contributed by atoms with Crippen LogP contribution in [0.25, 0.3) is 10.9 Å². The molecule has 0 spiro atoms. The summed E-state index contributed by atoms with van der Waals surface area (Å²) >= 11 is 10.3. The minimum atomic E-state index is 0.326. The number of fused-ring (bicyclic) bond motifs is 1. The van der Waals surface area contributed by atoms with Crippen LogP contribution < -0.4 is 4.18 Å². The Bertz CT molecular complexity index is 538. The molecule has 0 saturated carbocycles. The fourth-order valence-electron chi connectivity index (χ4n) is 1.27. The monoisotopic (exact) mass is 333 g/mol. The lowest BCUT2D eigenvalue weighted by Gasteiger charge is -2.06. The van der Waals surface area contributed by atoms with Gasteiger partial charge in [-0.05, 0) is 31.2 Å². The average molecular weight is 335 g/mol. The van der Waals surface area contributed by atoms with Gasteiger partial charge in [-0.25, -0.2) is 4.98 Å². The van der Waals surface area contributed by atoms with Crippen molar-refractivity contribution in [1.29, 1.82) is 0 Å². The Labute approximate surface area is 117 Å². The predicted octanol–water partition coefficient (Wildman–Crippen LogP) is 4.63. The summed E-state index contributed by atoms with van der Waals surface area (Å²) < 4.78 is 11.3. The van der Waals surface area contributed by atoms with Gasteiger partial charge in [0.1, 0.15) is 0 Å². The Kier molecular flexibility index (Phi) is 4.50. The Morgan fingerprint density at radius 1 is 1.41 bits per heavy atom. The van der Waals surface area contributed by atoms with Crippen molar-refractivity contribution < 1.29 is 8.37 Å². The largest absolute Gasteiger partial charge is 0.397 e. The summed E-state index contributed by atoms with van der Waals surface area (Å²) in [6.45, 7) is 2.45. The van der Waals surface area contributed by atoms with Crippen LogP contribution in [0.2, 0.25) is 5.15 Å². The number of rotatable bonds is 4. The van der Waals surface area contributed by atoms with Crippen LogP contribution in [-0.4, -0.2) is 11.6 Å². The van der Waals surface area contributed by atoms with E-state index >= 15 is 0 Å². The highest BCUT2D eigenvalue weighted by Crippen LogP contribution is 2.30. The third-order valence-electron chi connectivity index (χ3n) is 1.99. The molecule has 17 heavy (non-hydrogen) atoms. The van der Waals surface area contributed by atoms with Crippen LogP contribution in [0.4, 0.5) is 0 Å². The molecule has 90 valence electrons. The normalized spacial score (nSPS) is 10.8. The lowest BCUT2D eigenvalue weighted by molar-refractivity contribution is 0.369. The van der Waals surface area contributed by atoms with Crippen LogP contribution in [0, 0.1) is 0 Å². The van der Waals surface area contributed by atoms with E-state index in [4.69, 9.17) is 20.0 Å². The minimum absolute atomic E-state index is 0.326. The molecule has 6 heteroatoms. The van der Waals surface area contributed by atoms with Gasteiger partial charge in [-0.3, -0.25) is 4.18 Å². The van der Waals surface area contributed by atoms with Gasteiger partial charge in [-0.1, -0.05) is 27.5 Å². The van der Waals surface area contributed by atoms with Gasteiger partial charge in [0.15, 0.2) is 10.9 Å². The van der Waals surface area contributed by atoms with E-state index in [9.17, 15) is 0 Å². The lowest BCUT2D eigenvalue weighted by Crippen LogP contribution is -1.89. The first kappa shape index (κ1) is 13.0. The first-order valence-electron chi connectivity index (χ1n) is 4.92. The molecule has 0 aliphatic carbocycles. The molecule has 3 nitrogen and oxygen atoms in total. The quantitative estimate of drug-likeness (QED) is 0.463. The van der Waals surface area contributed by atoms with Crippen molar-refractivity contribution in [3.63, 3.8) is 0 Å². The molecule has 1 aromatic carbocycles. The maximum atomic E-state index is 6.01. The number of halogens is 2. The fraction of sp³-hybridized carbons (Fsp3) is 0.182. The summed E-state index contributed by atoms with van der Waals surface area (Å²) in [5.74, 6) is 0.496. The molecule has 0 atom stereocenters. The number of pyridine rings is 1. The highest BCUT2D eigenvalue weighted by molar-refractivity contribution is 9.10. The van der Waals surface area contributed by atoms with Crippen LogP contribution in [0.3, 0.4) is 0 Å². The van der Waals surface area contributed by atoms with Gasteiger partial charge in [0, 0.05) is 9.86 Å². The summed E-state index contributed by atoms with van der Waals surface area (Å²) in [5, 5.41) is 1.28. The van der Waals surface area contributed by atoms with Crippen LogP contribution in [0.15, 0.2) is 28.7 Å². The fourth-order valence-corrected chi connectivity index (χ4v) is 2.23. The van der Waals surface area contributed by atoms with Crippen molar-refractivity contribution >= 4 is 50.8 Å². The van der Waals surface area contributed by atoms with E-state index in [1.165, 1.54) is 0 Å². The zero-order valence-corrected chi connectivity index (χ0v) is 12.1. The zero-order valence-electron chi connectivity index (χ0n) is 8.94. The first-order chi connectivity index (χ1) is 8.20. The van der Waals surface area contributed by atoms with Crippen LogP contribution in [0.1, 0.15) is 6.92 Å². The third-order valence-corrected chi connectivity index (χ3v) is 3.33. The topological polar surface area (TPSA) is 31.4 Å². The minimum Gasteiger partial charge on any atom is -0.397 e. The molecule has 0 aliphatic heterocycles. The molecular weight excluding hydrogens is 326 g/mol. The van der Waals surface area contributed by atoms with Crippen molar-refractivity contribution in [2.45, 2.75) is 6.92 Å². The second-order valence-electron chi connectivity index (χ2n) is 3.17. The molecule has 1 heterocycles. The SMILES string of the molecule is CCOSOc1cc2cc(Br)ccc2nc1Cl. The molecule has 0 amide bonds.